The number of rotatable bonds is 6. The molecule has 2 aromatic rings. The summed E-state index contributed by atoms with van der Waals surface area (Å²) in [5.74, 6) is 1.72. The number of nitrogens with zero attached hydrogens (tertiary/aromatic N) is 3. The number of fused-ring (bicyclic) bond motifs is 1. The molecule has 6 nitrogen and oxygen atoms in total. The third-order valence-electron chi connectivity index (χ3n) is 3.40. The second-order valence-electron chi connectivity index (χ2n) is 5.27. The normalized spacial score (nSPS) is 12.8. The van der Waals surface area contributed by atoms with Gasteiger partial charge in [-0.25, -0.2) is 9.98 Å². The van der Waals surface area contributed by atoms with Gasteiger partial charge >= 0.3 is 0 Å². The van der Waals surface area contributed by atoms with Gasteiger partial charge in [0.25, 0.3) is 0 Å². The highest BCUT2D eigenvalue weighted by atomic mass is 127. The van der Waals surface area contributed by atoms with Crippen LogP contribution in [0, 0.1) is 0 Å². The van der Waals surface area contributed by atoms with Crippen LogP contribution < -0.4 is 10.6 Å². The predicted molar refractivity (Wildman–Crippen MR) is 105 cm³/mol. The van der Waals surface area contributed by atoms with Crippen molar-refractivity contribution in [3.8, 4) is 0 Å². The second-order valence-corrected chi connectivity index (χ2v) is 5.27. The van der Waals surface area contributed by atoms with Crippen molar-refractivity contribution in [1.29, 1.82) is 0 Å². The lowest BCUT2D eigenvalue weighted by molar-refractivity contribution is 0.179. The van der Waals surface area contributed by atoms with E-state index < -0.39 is 0 Å². The van der Waals surface area contributed by atoms with E-state index in [4.69, 9.17) is 4.74 Å². The summed E-state index contributed by atoms with van der Waals surface area (Å²) in [6, 6.07) is 8.31. The number of ether oxygens (including phenoxy) is 1. The molecule has 1 aromatic carbocycles. The number of aryl methyl sites for hydroxylation is 1. The van der Waals surface area contributed by atoms with E-state index in [2.05, 4.69) is 38.2 Å². The molecule has 0 aliphatic heterocycles. The van der Waals surface area contributed by atoms with Gasteiger partial charge < -0.3 is 19.9 Å². The maximum absolute atomic E-state index is 5.14. The molecule has 0 saturated heterocycles. The van der Waals surface area contributed by atoms with Gasteiger partial charge in [-0.05, 0) is 26.0 Å². The van der Waals surface area contributed by atoms with Gasteiger partial charge in [0.05, 0.1) is 17.6 Å². The maximum Gasteiger partial charge on any atom is 0.191 e. The number of halogens is 1. The summed E-state index contributed by atoms with van der Waals surface area (Å²) in [7, 11) is 3.72. The highest BCUT2D eigenvalue weighted by molar-refractivity contribution is 14.0. The van der Waals surface area contributed by atoms with Crippen LogP contribution in [0.5, 0.6) is 0 Å². The summed E-state index contributed by atoms with van der Waals surface area (Å²) in [6.07, 6.45) is 0. The summed E-state index contributed by atoms with van der Waals surface area (Å²) >= 11 is 0. The molecular formula is C16H26IN5O. The molecule has 1 atom stereocenters. The molecule has 0 bridgehead atoms. The monoisotopic (exact) mass is 431 g/mol. The van der Waals surface area contributed by atoms with Crippen molar-refractivity contribution in [2.75, 3.05) is 20.3 Å². The number of benzene rings is 1. The fraction of sp³-hybridized carbons (Fsp3) is 0.500. The van der Waals surface area contributed by atoms with E-state index in [1.165, 1.54) is 0 Å². The van der Waals surface area contributed by atoms with Crippen LogP contribution in [-0.2, 0) is 18.3 Å². The van der Waals surface area contributed by atoms with Crippen molar-refractivity contribution in [1.82, 2.24) is 20.2 Å². The zero-order valence-electron chi connectivity index (χ0n) is 14.2. The van der Waals surface area contributed by atoms with Crippen molar-refractivity contribution in [3.05, 3.63) is 30.1 Å². The molecule has 128 valence electrons. The maximum atomic E-state index is 5.14. The van der Waals surface area contributed by atoms with Crippen LogP contribution in [0.3, 0.4) is 0 Å². The lowest BCUT2D eigenvalue weighted by atomic mass is 10.3. The van der Waals surface area contributed by atoms with Crippen molar-refractivity contribution < 1.29 is 4.74 Å². The molecule has 0 saturated carbocycles. The first-order valence-corrected chi connectivity index (χ1v) is 7.59. The number of hydrogen-bond donors (Lipinski definition) is 2. The van der Waals surface area contributed by atoms with Gasteiger partial charge in [-0.15, -0.1) is 24.0 Å². The van der Waals surface area contributed by atoms with E-state index in [9.17, 15) is 0 Å². The number of hydrogen-bond acceptors (Lipinski definition) is 3. The molecule has 0 amide bonds. The summed E-state index contributed by atoms with van der Waals surface area (Å²) in [4.78, 5) is 9.25. The summed E-state index contributed by atoms with van der Waals surface area (Å²) in [5.41, 5.74) is 2.12. The summed E-state index contributed by atoms with van der Waals surface area (Å²) in [5, 5.41) is 6.56. The largest absolute Gasteiger partial charge is 0.383 e. The summed E-state index contributed by atoms with van der Waals surface area (Å²) < 4.78 is 7.23. The van der Waals surface area contributed by atoms with E-state index in [1.54, 1.807) is 7.11 Å². The fourth-order valence-corrected chi connectivity index (χ4v) is 2.33. The van der Waals surface area contributed by atoms with E-state index in [1.807, 2.05) is 32.2 Å². The topological polar surface area (TPSA) is 63.5 Å². The molecule has 0 aliphatic rings. The number of guanidine groups is 1. The molecule has 0 aliphatic carbocycles. The molecule has 1 unspecified atom stereocenters. The van der Waals surface area contributed by atoms with Gasteiger partial charge in [-0.3, -0.25) is 0 Å². The Kier molecular flexibility index (Phi) is 8.32. The quantitative estimate of drug-likeness (QED) is 0.419. The third-order valence-corrected chi connectivity index (χ3v) is 3.40. The molecule has 2 rings (SSSR count). The number of aliphatic imine (C=N–C) groups is 1. The van der Waals surface area contributed by atoms with Crippen LogP contribution >= 0.6 is 24.0 Å². The highest BCUT2D eigenvalue weighted by Gasteiger charge is 2.08. The fourth-order valence-electron chi connectivity index (χ4n) is 2.33. The molecule has 0 fully saturated rings. The Labute approximate surface area is 154 Å². The molecule has 23 heavy (non-hydrogen) atoms. The van der Waals surface area contributed by atoms with Crippen molar-refractivity contribution >= 4 is 41.0 Å². The first kappa shape index (κ1) is 19.7. The van der Waals surface area contributed by atoms with Crippen LogP contribution in [0.2, 0.25) is 0 Å². The summed E-state index contributed by atoms with van der Waals surface area (Å²) in [6.45, 7) is 6.09. The Morgan fingerprint density at radius 1 is 1.39 bits per heavy atom. The Morgan fingerprint density at radius 3 is 2.78 bits per heavy atom. The number of imidazole rings is 1. The van der Waals surface area contributed by atoms with Gasteiger partial charge in [0.2, 0.25) is 0 Å². The predicted octanol–water partition coefficient (Wildman–Crippen LogP) is 2.28. The van der Waals surface area contributed by atoms with Crippen LogP contribution in [0.4, 0.5) is 0 Å². The van der Waals surface area contributed by atoms with E-state index in [0.29, 0.717) is 13.2 Å². The van der Waals surface area contributed by atoms with E-state index >= 15 is 0 Å². The Bertz CT molecular complexity index is 640. The van der Waals surface area contributed by atoms with Gasteiger partial charge in [0, 0.05) is 26.7 Å². The number of aromatic nitrogens is 2. The lowest BCUT2D eigenvalue weighted by Gasteiger charge is -2.16. The standard InChI is InChI=1S/C16H25N5O.HI/c1-5-17-16(19-12(2)11-22-4)18-10-15-20-13-8-6-7-9-14(13)21(15)3;/h6-9,12H,5,10-11H2,1-4H3,(H2,17,18,19);1H. The van der Waals surface area contributed by atoms with Gasteiger partial charge in [0.1, 0.15) is 12.4 Å². The molecule has 1 aromatic heterocycles. The third kappa shape index (κ3) is 5.35. The Morgan fingerprint density at radius 2 is 2.13 bits per heavy atom. The molecule has 0 spiro atoms. The van der Waals surface area contributed by atoms with Crippen molar-refractivity contribution in [2.24, 2.45) is 12.0 Å². The number of para-hydroxylation sites is 2. The molecule has 2 N–H and O–H groups in total. The van der Waals surface area contributed by atoms with Crippen LogP contribution in [-0.4, -0.2) is 41.8 Å². The van der Waals surface area contributed by atoms with Gasteiger partial charge in [0.15, 0.2) is 5.96 Å². The Balaban J connectivity index is 0.00000264. The first-order valence-electron chi connectivity index (χ1n) is 7.59. The van der Waals surface area contributed by atoms with Gasteiger partial charge in [-0.2, -0.15) is 0 Å². The average molecular weight is 431 g/mol. The minimum Gasteiger partial charge on any atom is -0.383 e. The van der Waals surface area contributed by atoms with Crippen molar-refractivity contribution in [2.45, 2.75) is 26.4 Å². The number of methoxy groups -OCH3 is 1. The smallest absolute Gasteiger partial charge is 0.191 e. The molecule has 0 radical (unpaired) electrons. The average Bonchev–Trinajstić information content (AvgIpc) is 2.82. The molecule has 1 heterocycles. The van der Waals surface area contributed by atoms with Gasteiger partial charge in [-0.1, -0.05) is 12.1 Å². The zero-order chi connectivity index (χ0) is 15.9. The second kappa shape index (κ2) is 9.71. The SMILES string of the molecule is CCNC(=NCc1nc2ccccc2n1C)NC(C)COC.I. The minimum atomic E-state index is 0. The minimum absolute atomic E-state index is 0. The highest BCUT2D eigenvalue weighted by Crippen LogP contribution is 2.14. The van der Waals surface area contributed by atoms with E-state index in [0.717, 1.165) is 29.4 Å². The van der Waals surface area contributed by atoms with Crippen molar-refractivity contribution in [3.63, 3.8) is 0 Å². The zero-order valence-corrected chi connectivity index (χ0v) is 16.5. The van der Waals surface area contributed by atoms with Crippen LogP contribution in [0.1, 0.15) is 19.7 Å². The molecule has 7 heteroatoms. The van der Waals surface area contributed by atoms with Crippen LogP contribution in [0.25, 0.3) is 11.0 Å². The lowest BCUT2D eigenvalue weighted by Crippen LogP contribution is -2.44. The van der Waals surface area contributed by atoms with Crippen LogP contribution in [0.15, 0.2) is 29.3 Å². The first-order chi connectivity index (χ1) is 10.7. The molecular weight excluding hydrogens is 405 g/mol. The number of nitrogens with one attached hydrogen (secondary N) is 2. The Hall–Kier alpha value is -1.35. The van der Waals surface area contributed by atoms with E-state index in [-0.39, 0.29) is 30.0 Å².